The van der Waals surface area contributed by atoms with Gasteiger partial charge in [0.15, 0.2) is 0 Å². The fourth-order valence-electron chi connectivity index (χ4n) is 5.46. The molecule has 226 valence electrons. The third kappa shape index (κ3) is 6.81. The van der Waals surface area contributed by atoms with Gasteiger partial charge in [0.25, 0.3) is 5.69 Å². The lowest BCUT2D eigenvalue weighted by Crippen LogP contribution is -2.71. The van der Waals surface area contributed by atoms with Gasteiger partial charge in [0, 0.05) is 24.6 Å². The topological polar surface area (TPSA) is 139 Å². The average molecular weight is 592 g/mol. The molecule has 2 aliphatic rings. The zero-order valence-electron chi connectivity index (χ0n) is 23.0. The number of alkyl halides is 3. The van der Waals surface area contributed by atoms with E-state index in [1.54, 1.807) is 6.07 Å². The first-order valence-corrected chi connectivity index (χ1v) is 13.5. The van der Waals surface area contributed by atoms with Gasteiger partial charge in [0.1, 0.15) is 18.8 Å². The normalized spacial score (nSPS) is 19.1. The number of carbonyl (C=O) groups excluding carboxylic acids is 3. The van der Waals surface area contributed by atoms with Crippen LogP contribution in [-0.4, -0.2) is 69.4 Å². The first-order valence-electron chi connectivity index (χ1n) is 13.5. The first-order chi connectivity index (χ1) is 19.9. The largest absolute Gasteiger partial charge is 0.444 e. The van der Waals surface area contributed by atoms with E-state index in [9.17, 15) is 37.7 Å². The number of nitro groups is 1. The molecule has 2 N–H and O–H groups in total. The smallest absolute Gasteiger partial charge is 0.416 e. The Hall–Kier alpha value is -4.20. The summed E-state index contributed by atoms with van der Waals surface area (Å²) in [6, 6.07) is 8.46. The van der Waals surface area contributed by atoms with E-state index in [0.29, 0.717) is 30.5 Å². The van der Waals surface area contributed by atoms with Crippen molar-refractivity contribution in [2.75, 3.05) is 19.6 Å². The number of piperazine rings is 1. The molecule has 0 bridgehead atoms. The van der Waals surface area contributed by atoms with E-state index in [-0.39, 0.29) is 49.6 Å². The molecule has 0 aliphatic carbocycles. The number of rotatable bonds is 9. The van der Waals surface area contributed by atoms with Gasteiger partial charge in [-0.2, -0.15) is 13.2 Å². The molecule has 2 aliphatic heterocycles. The lowest BCUT2D eigenvalue weighted by atomic mass is 9.98. The summed E-state index contributed by atoms with van der Waals surface area (Å²) in [6.45, 7) is 1.19. The average Bonchev–Trinajstić information content (AvgIpc) is 2.93. The van der Waals surface area contributed by atoms with Crippen LogP contribution in [0.4, 0.5) is 23.7 Å². The van der Waals surface area contributed by atoms with Crippen molar-refractivity contribution >= 4 is 23.6 Å². The number of fused-ring (bicyclic) bond motifs is 1. The van der Waals surface area contributed by atoms with Crippen molar-refractivity contribution < 1.29 is 37.2 Å². The van der Waals surface area contributed by atoms with Gasteiger partial charge >= 0.3 is 12.3 Å². The number of nitro benzene ring substituents is 1. The summed E-state index contributed by atoms with van der Waals surface area (Å²) in [7, 11) is 0. The Morgan fingerprint density at radius 3 is 2.60 bits per heavy atom. The summed E-state index contributed by atoms with van der Waals surface area (Å²) in [6.07, 6.45) is -5.01. The zero-order chi connectivity index (χ0) is 30.6. The zero-order valence-corrected chi connectivity index (χ0v) is 23.0. The second-order valence-electron chi connectivity index (χ2n) is 10.4. The van der Waals surface area contributed by atoms with Crippen molar-refractivity contribution in [3.8, 4) is 0 Å². The molecule has 2 aromatic carbocycles. The molecule has 42 heavy (non-hydrogen) atoms. The standard InChI is InChI=1S/C28H32F3N5O6/c1-18-12-19(14-21(13-18)28(29,30)31)17-42-27(39)34-11-9-25(37)35-23(8-4-5-10-32)26(38)33(16-24(34)35)15-20-6-2-3-7-22(20)36(40)41/h2-3,6-7,12-14,23-24H,4-5,8-11,15-17,32H2,1H3/t23-,24+/m0/s1. The summed E-state index contributed by atoms with van der Waals surface area (Å²) in [5.74, 6) is -0.724. The lowest BCUT2D eigenvalue weighted by molar-refractivity contribution is -0.385. The number of halogens is 3. The van der Waals surface area contributed by atoms with E-state index in [1.807, 2.05) is 0 Å². The van der Waals surface area contributed by atoms with Crippen molar-refractivity contribution in [2.45, 2.75) is 64.1 Å². The monoisotopic (exact) mass is 591 g/mol. The maximum Gasteiger partial charge on any atom is 0.416 e. The maximum absolute atomic E-state index is 13.6. The number of unbranched alkanes of at least 4 members (excludes halogenated alkanes) is 1. The molecule has 14 heteroatoms. The lowest BCUT2D eigenvalue weighted by Gasteiger charge is -2.51. The fraction of sp³-hybridized carbons (Fsp3) is 0.464. The summed E-state index contributed by atoms with van der Waals surface area (Å²) in [5.41, 5.74) is 5.39. The number of hydrogen-bond donors (Lipinski definition) is 1. The van der Waals surface area contributed by atoms with Crippen LogP contribution >= 0.6 is 0 Å². The molecule has 2 saturated heterocycles. The molecule has 0 aromatic heterocycles. The Kier molecular flexibility index (Phi) is 9.34. The highest BCUT2D eigenvalue weighted by Crippen LogP contribution is 2.32. The third-order valence-corrected chi connectivity index (χ3v) is 7.39. The minimum atomic E-state index is -4.57. The second-order valence-corrected chi connectivity index (χ2v) is 10.4. The predicted octanol–water partition coefficient (Wildman–Crippen LogP) is 3.96. The Morgan fingerprint density at radius 1 is 1.17 bits per heavy atom. The Bertz CT molecular complexity index is 1350. The van der Waals surface area contributed by atoms with Crippen molar-refractivity contribution in [1.29, 1.82) is 0 Å². The number of aryl methyl sites for hydroxylation is 1. The highest BCUT2D eigenvalue weighted by molar-refractivity contribution is 5.90. The van der Waals surface area contributed by atoms with E-state index < -0.39 is 47.5 Å². The number of carbonyl (C=O) groups is 3. The molecule has 0 unspecified atom stereocenters. The van der Waals surface area contributed by atoms with Gasteiger partial charge in [-0.1, -0.05) is 29.8 Å². The van der Waals surface area contributed by atoms with Gasteiger partial charge < -0.3 is 20.3 Å². The molecular formula is C28H32F3N5O6. The molecule has 2 aromatic rings. The molecular weight excluding hydrogens is 559 g/mol. The summed E-state index contributed by atoms with van der Waals surface area (Å²) >= 11 is 0. The molecule has 11 nitrogen and oxygen atoms in total. The fourth-order valence-corrected chi connectivity index (χ4v) is 5.46. The van der Waals surface area contributed by atoms with Crippen LogP contribution in [0.5, 0.6) is 0 Å². The quantitative estimate of drug-likeness (QED) is 0.265. The summed E-state index contributed by atoms with van der Waals surface area (Å²) in [4.78, 5) is 55.1. The van der Waals surface area contributed by atoms with Crippen LogP contribution in [0.2, 0.25) is 0 Å². The minimum Gasteiger partial charge on any atom is -0.444 e. The summed E-state index contributed by atoms with van der Waals surface area (Å²) < 4.78 is 45.2. The van der Waals surface area contributed by atoms with Crippen LogP contribution < -0.4 is 5.73 Å². The Balaban J connectivity index is 1.59. The van der Waals surface area contributed by atoms with Crippen LogP contribution in [0.3, 0.4) is 0 Å². The molecule has 0 spiro atoms. The maximum atomic E-state index is 13.6. The summed E-state index contributed by atoms with van der Waals surface area (Å²) in [5, 5.41) is 11.6. The number of nitrogens with two attached hydrogens (primary N) is 1. The number of benzene rings is 2. The Morgan fingerprint density at radius 2 is 1.90 bits per heavy atom. The number of para-hydroxylation sites is 1. The predicted molar refractivity (Wildman–Crippen MR) is 144 cm³/mol. The van der Waals surface area contributed by atoms with Crippen LogP contribution in [-0.2, 0) is 33.7 Å². The van der Waals surface area contributed by atoms with Gasteiger partial charge in [-0.05, 0) is 50.4 Å². The number of amides is 3. The van der Waals surface area contributed by atoms with Crippen molar-refractivity contribution in [3.63, 3.8) is 0 Å². The van der Waals surface area contributed by atoms with Crippen LogP contribution in [0.15, 0.2) is 42.5 Å². The van der Waals surface area contributed by atoms with Gasteiger partial charge in [-0.15, -0.1) is 0 Å². The molecule has 2 fully saturated rings. The SMILES string of the molecule is Cc1cc(COC(=O)N2CCC(=O)N3[C@@H]2CN(Cc2ccccc2[N+](=O)[O-])C(=O)[C@@H]3CCCCN)cc(C(F)(F)F)c1. The van der Waals surface area contributed by atoms with E-state index in [0.717, 1.165) is 12.1 Å². The number of hydrogen-bond acceptors (Lipinski definition) is 7. The second kappa shape index (κ2) is 12.8. The van der Waals surface area contributed by atoms with E-state index in [2.05, 4.69) is 0 Å². The molecule has 0 saturated carbocycles. The molecule has 3 amide bonds. The molecule has 2 heterocycles. The molecule has 0 radical (unpaired) electrons. The third-order valence-electron chi connectivity index (χ3n) is 7.39. The van der Waals surface area contributed by atoms with E-state index >= 15 is 0 Å². The van der Waals surface area contributed by atoms with Crippen LogP contribution in [0, 0.1) is 17.0 Å². The van der Waals surface area contributed by atoms with Gasteiger partial charge in [-0.3, -0.25) is 24.6 Å². The van der Waals surface area contributed by atoms with Gasteiger partial charge in [0.2, 0.25) is 11.8 Å². The van der Waals surface area contributed by atoms with Crippen LogP contribution in [0.1, 0.15) is 47.9 Å². The first kappa shape index (κ1) is 30.8. The number of ether oxygens (including phenoxy) is 1. The molecule has 2 atom stereocenters. The van der Waals surface area contributed by atoms with Crippen LogP contribution in [0.25, 0.3) is 0 Å². The van der Waals surface area contributed by atoms with Crippen molar-refractivity contribution in [2.24, 2.45) is 5.73 Å². The number of nitrogens with zero attached hydrogens (tertiary/aromatic N) is 4. The van der Waals surface area contributed by atoms with Crippen molar-refractivity contribution in [3.05, 3.63) is 74.8 Å². The van der Waals surface area contributed by atoms with Gasteiger partial charge in [-0.25, -0.2) is 4.79 Å². The van der Waals surface area contributed by atoms with Gasteiger partial charge in [0.05, 0.1) is 23.6 Å². The van der Waals surface area contributed by atoms with E-state index in [1.165, 1.54) is 45.9 Å². The minimum absolute atomic E-state index is 0.0243. The van der Waals surface area contributed by atoms with E-state index in [4.69, 9.17) is 10.5 Å². The van der Waals surface area contributed by atoms with Crippen molar-refractivity contribution in [1.82, 2.24) is 14.7 Å². The Labute approximate surface area is 240 Å². The molecule has 4 rings (SSSR count). The highest BCUT2D eigenvalue weighted by atomic mass is 19.4. The highest BCUT2D eigenvalue weighted by Gasteiger charge is 2.49.